The summed E-state index contributed by atoms with van der Waals surface area (Å²) in [4.78, 5) is 66.3. The molecule has 2 amide bonds. The Bertz CT molecular complexity index is 1200. The number of nitro groups is 1. The second-order valence-corrected chi connectivity index (χ2v) is 8.50. The molecule has 13 nitrogen and oxygen atoms in total. The molecule has 2 aromatic carbocycles. The predicted octanol–water partition coefficient (Wildman–Crippen LogP) is 1.99. The van der Waals surface area contributed by atoms with Crippen LogP contribution in [0, 0.1) is 16.0 Å². The van der Waals surface area contributed by atoms with Crippen LogP contribution in [-0.4, -0.2) is 52.3 Å². The molecule has 3 atom stereocenters. The van der Waals surface area contributed by atoms with Crippen LogP contribution in [-0.2, 0) is 46.6 Å². The van der Waals surface area contributed by atoms with Crippen molar-refractivity contribution >= 4 is 29.6 Å². The van der Waals surface area contributed by atoms with Crippen molar-refractivity contribution in [3.05, 3.63) is 75.8 Å². The SMILES string of the molecule is CC1CC(C(=O)OCc2ccc([N+](=O)[O-])cc2)(N2OC[C@H](NC(=O)OCc3ccccc3)C2=O)OC1=O. The Morgan fingerprint density at radius 3 is 2.35 bits per heavy atom. The van der Waals surface area contributed by atoms with E-state index in [0.717, 1.165) is 5.56 Å². The Balaban J connectivity index is 1.41. The van der Waals surface area contributed by atoms with Gasteiger partial charge in [-0.1, -0.05) is 37.3 Å². The average molecular weight is 513 g/mol. The number of nitrogens with one attached hydrogen (secondary N) is 1. The highest BCUT2D eigenvalue weighted by molar-refractivity contribution is 5.94. The summed E-state index contributed by atoms with van der Waals surface area (Å²) < 4.78 is 15.7. The normalized spacial score (nSPS) is 22.9. The van der Waals surface area contributed by atoms with Crippen LogP contribution in [0.5, 0.6) is 0 Å². The third kappa shape index (κ3) is 5.51. The average Bonchev–Trinajstić information content (AvgIpc) is 3.41. The van der Waals surface area contributed by atoms with Gasteiger partial charge >= 0.3 is 23.8 Å². The predicted molar refractivity (Wildman–Crippen MR) is 122 cm³/mol. The van der Waals surface area contributed by atoms with Crippen molar-refractivity contribution < 1.29 is 43.1 Å². The molecular formula is C24H23N3O10. The van der Waals surface area contributed by atoms with Gasteiger partial charge < -0.3 is 19.5 Å². The second kappa shape index (κ2) is 10.6. The fraction of sp³-hybridized carbons (Fsp3) is 0.333. The number of carbonyl (C=O) groups excluding carboxylic acids is 4. The maximum Gasteiger partial charge on any atom is 0.408 e. The summed E-state index contributed by atoms with van der Waals surface area (Å²) in [5, 5.41) is 13.8. The van der Waals surface area contributed by atoms with Gasteiger partial charge in [0.1, 0.15) is 25.9 Å². The number of nitrogens with zero attached hydrogens (tertiary/aromatic N) is 2. The van der Waals surface area contributed by atoms with E-state index in [1.807, 2.05) is 6.07 Å². The fourth-order valence-electron chi connectivity index (χ4n) is 3.83. The molecule has 0 radical (unpaired) electrons. The molecule has 2 saturated heterocycles. The van der Waals surface area contributed by atoms with Gasteiger partial charge in [0, 0.05) is 18.6 Å². The molecule has 2 heterocycles. The van der Waals surface area contributed by atoms with Crippen molar-refractivity contribution in [2.24, 2.45) is 5.92 Å². The molecular weight excluding hydrogens is 490 g/mol. The number of ether oxygens (including phenoxy) is 3. The molecule has 2 aliphatic rings. The van der Waals surface area contributed by atoms with Gasteiger partial charge in [0.15, 0.2) is 0 Å². The fourth-order valence-corrected chi connectivity index (χ4v) is 3.83. The third-order valence-electron chi connectivity index (χ3n) is 5.79. The number of benzene rings is 2. The number of amides is 2. The zero-order valence-corrected chi connectivity index (χ0v) is 19.7. The van der Waals surface area contributed by atoms with Crippen LogP contribution < -0.4 is 5.32 Å². The molecule has 0 aliphatic carbocycles. The summed E-state index contributed by atoms with van der Waals surface area (Å²) in [6.45, 7) is 0.861. The monoisotopic (exact) mass is 513 g/mol. The van der Waals surface area contributed by atoms with Gasteiger partial charge in [-0.2, -0.15) is 5.06 Å². The van der Waals surface area contributed by atoms with Crippen molar-refractivity contribution in [3.8, 4) is 0 Å². The largest absolute Gasteiger partial charge is 0.456 e. The van der Waals surface area contributed by atoms with E-state index in [9.17, 15) is 29.3 Å². The number of hydrogen-bond donors (Lipinski definition) is 1. The lowest BCUT2D eigenvalue weighted by Crippen LogP contribution is -2.57. The smallest absolute Gasteiger partial charge is 0.408 e. The lowest BCUT2D eigenvalue weighted by molar-refractivity contribution is -0.384. The Morgan fingerprint density at radius 1 is 1.08 bits per heavy atom. The van der Waals surface area contributed by atoms with Gasteiger partial charge in [-0.3, -0.25) is 24.5 Å². The highest BCUT2D eigenvalue weighted by Gasteiger charge is 2.62. The van der Waals surface area contributed by atoms with E-state index in [2.05, 4.69) is 5.32 Å². The van der Waals surface area contributed by atoms with E-state index in [0.29, 0.717) is 10.6 Å². The number of hydroxylamine groups is 2. The van der Waals surface area contributed by atoms with Crippen molar-refractivity contribution in [2.45, 2.75) is 38.3 Å². The first kappa shape index (κ1) is 25.6. The molecule has 13 heteroatoms. The molecule has 0 aromatic heterocycles. The van der Waals surface area contributed by atoms with E-state index in [1.54, 1.807) is 24.3 Å². The minimum Gasteiger partial charge on any atom is -0.456 e. The summed E-state index contributed by atoms with van der Waals surface area (Å²) in [6, 6.07) is 13.0. The minimum absolute atomic E-state index is 0.0216. The Kier molecular flexibility index (Phi) is 7.34. The highest BCUT2D eigenvalue weighted by Crippen LogP contribution is 2.38. The summed E-state index contributed by atoms with van der Waals surface area (Å²) in [7, 11) is 0. The molecule has 2 aliphatic heterocycles. The molecule has 0 saturated carbocycles. The third-order valence-corrected chi connectivity index (χ3v) is 5.79. The molecule has 194 valence electrons. The lowest BCUT2D eigenvalue weighted by atomic mass is 10.0. The molecule has 2 unspecified atom stereocenters. The van der Waals surface area contributed by atoms with Crippen molar-refractivity contribution in [2.75, 3.05) is 6.61 Å². The maximum absolute atomic E-state index is 13.1. The van der Waals surface area contributed by atoms with Gasteiger partial charge in [-0.05, 0) is 23.3 Å². The Labute approximate surface area is 210 Å². The number of carbonyl (C=O) groups is 4. The van der Waals surface area contributed by atoms with Gasteiger partial charge in [0.25, 0.3) is 11.6 Å². The number of non-ortho nitro benzene ring substituents is 1. The van der Waals surface area contributed by atoms with Crippen LogP contribution in [0.2, 0.25) is 0 Å². The van der Waals surface area contributed by atoms with E-state index in [-0.39, 0.29) is 31.9 Å². The lowest BCUT2D eigenvalue weighted by Gasteiger charge is -2.32. The summed E-state index contributed by atoms with van der Waals surface area (Å²) in [5.74, 6) is -3.37. The van der Waals surface area contributed by atoms with Crippen molar-refractivity contribution in [1.29, 1.82) is 0 Å². The van der Waals surface area contributed by atoms with Crippen LogP contribution in [0.4, 0.5) is 10.5 Å². The van der Waals surface area contributed by atoms with Crippen LogP contribution in [0.25, 0.3) is 0 Å². The molecule has 0 spiro atoms. The molecule has 37 heavy (non-hydrogen) atoms. The zero-order valence-electron chi connectivity index (χ0n) is 19.7. The van der Waals surface area contributed by atoms with Crippen LogP contribution in [0.15, 0.2) is 54.6 Å². The zero-order chi connectivity index (χ0) is 26.6. The van der Waals surface area contributed by atoms with Gasteiger partial charge in [0.05, 0.1) is 10.8 Å². The summed E-state index contributed by atoms with van der Waals surface area (Å²) >= 11 is 0. The van der Waals surface area contributed by atoms with E-state index < -0.39 is 46.5 Å². The minimum atomic E-state index is -2.20. The molecule has 2 aromatic rings. The topological polar surface area (TPSA) is 164 Å². The molecule has 1 N–H and O–H groups in total. The number of hydrogen-bond acceptors (Lipinski definition) is 10. The standard InChI is InChI=1S/C24H23N3O10/c1-15-11-24(37-21(15)29,22(30)34-12-17-7-9-18(10-8-17)27(32)33)26-20(28)19(14-36-26)25-23(31)35-13-16-5-3-2-4-6-16/h2-10,15,19H,11-14H2,1H3,(H,25,31)/t15?,19-,24?/m0/s1. The number of alkyl carbamates (subject to hydrolysis) is 1. The molecule has 4 rings (SSSR count). The number of esters is 2. The van der Waals surface area contributed by atoms with Gasteiger partial charge in [0.2, 0.25) is 0 Å². The number of nitro benzene ring substituents is 1. The van der Waals surface area contributed by atoms with Gasteiger partial charge in [-0.15, -0.1) is 0 Å². The first-order valence-electron chi connectivity index (χ1n) is 11.3. The second-order valence-electron chi connectivity index (χ2n) is 8.50. The Morgan fingerprint density at radius 2 is 1.73 bits per heavy atom. The van der Waals surface area contributed by atoms with Gasteiger partial charge in [-0.25, -0.2) is 9.59 Å². The van der Waals surface area contributed by atoms with E-state index in [4.69, 9.17) is 19.0 Å². The quantitative estimate of drug-likeness (QED) is 0.239. The highest BCUT2D eigenvalue weighted by atomic mass is 16.8. The first-order chi connectivity index (χ1) is 17.7. The maximum atomic E-state index is 13.1. The van der Waals surface area contributed by atoms with E-state index >= 15 is 0 Å². The Hall–Kier alpha value is -4.52. The van der Waals surface area contributed by atoms with Crippen LogP contribution >= 0.6 is 0 Å². The molecule has 0 bridgehead atoms. The van der Waals surface area contributed by atoms with E-state index in [1.165, 1.54) is 31.2 Å². The van der Waals surface area contributed by atoms with Crippen LogP contribution in [0.1, 0.15) is 24.5 Å². The molecule has 2 fully saturated rings. The number of rotatable bonds is 8. The van der Waals surface area contributed by atoms with Crippen molar-refractivity contribution in [3.63, 3.8) is 0 Å². The van der Waals surface area contributed by atoms with Crippen molar-refractivity contribution in [1.82, 2.24) is 10.4 Å². The summed E-state index contributed by atoms with van der Waals surface area (Å²) in [6.07, 6.45) is -1.11. The van der Waals surface area contributed by atoms with Crippen LogP contribution in [0.3, 0.4) is 0 Å². The summed E-state index contributed by atoms with van der Waals surface area (Å²) in [5.41, 5.74) is -1.16. The number of cyclic esters (lactones) is 1. The first-order valence-corrected chi connectivity index (χ1v) is 11.3.